The van der Waals surface area contributed by atoms with Crippen LogP contribution in [0.25, 0.3) is 0 Å². The Balaban J connectivity index is 0. The van der Waals surface area contributed by atoms with Gasteiger partial charge >= 0.3 is 0 Å². The molecule has 0 rings (SSSR count). The van der Waals surface area contributed by atoms with Gasteiger partial charge in [0.2, 0.25) is 0 Å². The molecule has 0 aliphatic carbocycles. The number of terminal acetylenes is 1. The Morgan fingerprint density at radius 1 is 1.60 bits per heavy atom. The SMILES string of the molecule is C#CC(O)I.CCOCC. The van der Waals surface area contributed by atoms with Gasteiger partial charge in [-0.1, -0.05) is 5.92 Å². The number of aliphatic hydroxyl groups excluding tert-OH is 1. The summed E-state index contributed by atoms with van der Waals surface area (Å²) in [6.07, 6.45) is 4.66. The van der Waals surface area contributed by atoms with E-state index in [0.29, 0.717) is 0 Å². The lowest BCUT2D eigenvalue weighted by Crippen LogP contribution is -1.84. The lowest BCUT2D eigenvalue weighted by atomic mass is 10.8. The zero-order chi connectivity index (χ0) is 8.41. The molecule has 0 aliphatic rings. The first-order valence-corrected chi connectivity index (χ1v) is 4.29. The molecule has 0 saturated heterocycles. The Bertz CT molecular complexity index is 84.1. The van der Waals surface area contributed by atoms with Gasteiger partial charge in [-0.2, -0.15) is 0 Å². The van der Waals surface area contributed by atoms with E-state index in [1.54, 1.807) is 22.6 Å². The number of rotatable bonds is 2. The van der Waals surface area contributed by atoms with Gasteiger partial charge in [0, 0.05) is 13.2 Å². The Labute approximate surface area is 76.1 Å². The molecule has 0 saturated carbocycles. The molecule has 1 unspecified atom stereocenters. The highest BCUT2D eigenvalue weighted by atomic mass is 127. The van der Waals surface area contributed by atoms with E-state index in [2.05, 4.69) is 12.3 Å². The van der Waals surface area contributed by atoms with Gasteiger partial charge in [-0.25, -0.2) is 0 Å². The zero-order valence-electron chi connectivity index (χ0n) is 6.30. The molecule has 0 aromatic rings. The first kappa shape index (κ1) is 12.8. The van der Waals surface area contributed by atoms with Crippen molar-refractivity contribution >= 4 is 22.6 Å². The van der Waals surface area contributed by atoms with Gasteiger partial charge in [-0.3, -0.25) is 0 Å². The number of aliphatic hydroxyl groups is 1. The highest BCUT2D eigenvalue weighted by Crippen LogP contribution is 1.87. The van der Waals surface area contributed by atoms with Gasteiger partial charge in [0.25, 0.3) is 0 Å². The van der Waals surface area contributed by atoms with Gasteiger partial charge in [0.15, 0.2) is 4.11 Å². The third-order valence-corrected chi connectivity index (χ3v) is 0.905. The van der Waals surface area contributed by atoms with E-state index in [9.17, 15) is 0 Å². The molecular formula is C7H13IO2. The Morgan fingerprint density at radius 2 is 1.90 bits per heavy atom. The standard InChI is InChI=1S/C4H10O.C3H3IO/c1-3-5-4-2;1-2-3(4)5/h3-4H2,1-2H3;1,3,5H. The maximum absolute atomic E-state index is 8.11. The van der Waals surface area contributed by atoms with Crippen molar-refractivity contribution in [3.05, 3.63) is 0 Å². The van der Waals surface area contributed by atoms with Gasteiger partial charge < -0.3 is 9.84 Å². The third-order valence-electron chi connectivity index (χ3n) is 0.546. The van der Waals surface area contributed by atoms with Crippen LogP contribution in [0.4, 0.5) is 0 Å². The minimum atomic E-state index is -0.618. The van der Waals surface area contributed by atoms with Crippen LogP contribution in [0.1, 0.15) is 13.8 Å². The van der Waals surface area contributed by atoms with Crippen LogP contribution in [-0.4, -0.2) is 22.4 Å². The topological polar surface area (TPSA) is 29.5 Å². The van der Waals surface area contributed by atoms with E-state index in [4.69, 9.17) is 9.84 Å². The zero-order valence-corrected chi connectivity index (χ0v) is 8.46. The smallest absolute Gasteiger partial charge is 0.165 e. The second kappa shape index (κ2) is 11.9. The van der Waals surface area contributed by atoms with Crippen LogP contribution >= 0.6 is 22.6 Å². The van der Waals surface area contributed by atoms with Gasteiger partial charge in [0.1, 0.15) is 0 Å². The van der Waals surface area contributed by atoms with Crippen LogP contribution in [0.15, 0.2) is 0 Å². The highest BCUT2D eigenvalue weighted by molar-refractivity contribution is 14.1. The average molecular weight is 256 g/mol. The number of alkyl halides is 1. The Kier molecular flexibility index (Phi) is 15.3. The molecule has 0 aromatic carbocycles. The largest absolute Gasteiger partial charge is 0.382 e. The number of ether oxygens (including phenoxy) is 1. The molecule has 0 heterocycles. The summed E-state index contributed by atoms with van der Waals surface area (Å²) in [4.78, 5) is 0. The Morgan fingerprint density at radius 3 is 1.90 bits per heavy atom. The monoisotopic (exact) mass is 256 g/mol. The van der Waals surface area contributed by atoms with Crippen LogP contribution in [0.2, 0.25) is 0 Å². The van der Waals surface area contributed by atoms with Crippen molar-refractivity contribution in [3.8, 4) is 12.3 Å². The van der Waals surface area contributed by atoms with E-state index in [1.165, 1.54) is 0 Å². The molecule has 10 heavy (non-hydrogen) atoms. The van der Waals surface area contributed by atoms with Gasteiger partial charge in [-0.05, 0) is 36.4 Å². The summed E-state index contributed by atoms with van der Waals surface area (Å²) in [5, 5.41) is 8.11. The van der Waals surface area contributed by atoms with Gasteiger partial charge in [-0.15, -0.1) is 6.42 Å². The molecule has 0 amide bonds. The molecule has 0 spiro atoms. The van der Waals surface area contributed by atoms with Crippen LogP contribution in [0.3, 0.4) is 0 Å². The Hall–Kier alpha value is 0.210. The first-order valence-electron chi connectivity index (χ1n) is 3.05. The molecule has 0 radical (unpaired) electrons. The molecule has 0 bridgehead atoms. The summed E-state index contributed by atoms with van der Waals surface area (Å²) >= 11 is 1.73. The summed E-state index contributed by atoms with van der Waals surface area (Å²) in [6.45, 7) is 5.67. The van der Waals surface area contributed by atoms with Crippen molar-refractivity contribution in [2.45, 2.75) is 18.0 Å². The summed E-state index contributed by atoms with van der Waals surface area (Å²) in [5.41, 5.74) is 0. The van der Waals surface area contributed by atoms with Crippen molar-refractivity contribution in [1.29, 1.82) is 0 Å². The molecule has 0 aromatic heterocycles. The van der Waals surface area contributed by atoms with Crippen LogP contribution in [0.5, 0.6) is 0 Å². The predicted molar refractivity (Wildman–Crippen MR) is 51.0 cm³/mol. The molecule has 1 N–H and O–H groups in total. The van der Waals surface area contributed by atoms with Crippen molar-refractivity contribution in [1.82, 2.24) is 0 Å². The van der Waals surface area contributed by atoms with E-state index >= 15 is 0 Å². The molecule has 1 atom stereocenters. The fraction of sp³-hybridized carbons (Fsp3) is 0.714. The minimum absolute atomic E-state index is 0.618. The molecule has 60 valence electrons. The van der Waals surface area contributed by atoms with E-state index in [-0.39, 0.29) is 0 Å². The summed E-state index contributed by atoms with van der Waals surface area (Å²) in [6, 6.07) is 0. The fourth-order valence-electron chi connectivity index (χ4n) is 0.204. The van der Waals surface area contributed by atoms with E-state index < -0.39 is 4.11 Å². The summed E-state index contributed by atoms with van der Waals surface area (Å²) < 4.78 is 4.22. The molecular weight excluding hydrogens is 243 g/mol. The summed E-state index contributed by atoms with van der Waals surface area (Å²) in [7, 11) is 0. The number of hydrogen-bond acceptors (Lipinski definition) is 2. The third kappa shape index (κ3) is 24.1. The lowest BCUT2D eigenvalue weighted by molar-refractivity contribution is 0.162. The summed E-state index contributed by atoms with van der Waals surface area (Å²) in [5.74, 6) is 2.07. The van der Waals surface area contributed by atoms with E-state index in [0.717, 1.165) is 13.2 Å². The van der Waals surface area contributed by atoms with Crippen LogP contribution < -0.4 is 0 Å². The second-order valence-corrected chi connectivity index (χ2v) is 2.46. The van der Waals surface area contributed by atoms with Crippen LogP contribution in [0, 0.1) is 12.3 Å². The molecule has 2 nitrogen and oxygen atoms in total. The van der Waals surface area contributed by atoms with Crippen molar-refractivity contribution in [3.63, 3.8) is 0 Å². The molecule has 3 heteroatoms. The quantitative estimate of drug-likeness (QED) is 0.460. The molecule has 0 fully saturated rings. The maximum Gasteiger partial charge on any atom is 0.165 e. The van der Waals surface area contributed by atoms with Crippen molar-refractivity contribution < 1.29 is 9.84 Å². The fourth-order valence-corrected chi connectivity index (χ4v) is 0.204. The highest BCUT2D eigenvalue weighted by Gasteiger charge is 1.78. The van der Waals surface area contributed by atoms with Crippen molar-refractivity contribution in [2.24, 2.45) is 0 Å². The van der Waals surface area contributed by atoms with Crippen molar-refractivity contribution in [2.75, 3.05) is 13.2 Å². The predicted octanol–water partition coefficient (Wildman–Crippen LogP) is 1.42. The number of hydrogen-bond donors (Lipinski definition) is 1. The lowest BCUT2D eigenvalue weighted by Gasteiger charge is -1.86. The first-order chi connectivity index (χ1) is 4.68. The van der Waals surface area contributed by atoms with Crippen LogP contribution in [-0.2, 0) is 4.74 Å². The second-order valence-electron chi connectivity index (χ2n) is 1.28. The molecule has 0 aliphatic heterocycles. The van der Waals surface area contributed by atoms with Gasteiger partial charge in [0.05, 0.1) is 0 Å². The maximum atomic E-state index is 8.11. The number of halogens is 1. The minimum Gasteiger partial charge on any atom is -0.382 e. The van der Waals surface area contributed by atoms with E-state index in [1.807, 2.05) is 13.8 Å². The average Bonchev–Trinajstić information content (AvgIpc) is 1.91. The normalized spacial score (nSPS) is 10.7.